The molecule has 1 unspecified atom stereocenters. The Balaban J connectivity index is 2.03. The zero-order chi connectivity index (χ0) is 14.3. The van der Waals surface area contributed by atoms with Gasteiger partial charge in [-0.2, -0.15) is 4.31 Å². The molecule has 1 aliphatic rings. The van der Waals surface area contributed by atoms with Gasteiger partial charge in [-0.15, -0.1) is 0 Å². The number of aryl methyl sites for hydroxylation is 1. The number of aromatic nitrogens is 2. The van der Waals surface area contributed by atoms with Crippen LogP contribution >= 0.6 is 11.3 Å². The summed E-state index contributed by atoms with van der Waals surface area (Å²) in [7, 11) is -3.62. The van der Waals surface area contributed by atoms with E-state index in [9.17, 15) is 13.2 Å². The standard InChI is InChI=1S/C12H15N3O3S2/c1-8-11(19-12(16)14-8)20(17,18)15-7-3-5-10(15)9-4-2-6-13-9/h2,4,6,10,13H,3,5,7H2,1H3,(H,14,16). The summed E-state index contributed by atoms with van der Waals surface area (Å²) >= 11 is 0.756. The lowest BCUT2D eigenvalue weighted by Crippen LogP contribution is -2.30. The fourth-order valence-corrected chi connectivity index (χ4v) is 5.72. The molecule has 0 spiro atoms. The second-order valence-corrected chi connectivity index (χ2v) is 7.90. The zero-order valence-corrected chi connectivity index (χ0v) is 12.6. The summed E-state index contributed by atoms with van der Waals surface area (Å²) in [5, 5.41) is 0. The van der Waals surface area contributed by atoms with Crippen molar-refractivity contribution in [2.45, 2.75) is 30.0 Å². The summed E-state index contributed by atoms with van der Waals surface area (Å²) in [6.07, 6.45) is 3.40. The van der Waals surface area contributed by atoms with E-state index in [0.717, 1.165) is 29.9 Å². The number of thiazole rings is 1. The number of hydrogen-bond acceptors (Lipinski definition) is 4. The highest BCUT2D eigenvalue weighted by Crippen LogP contribution is 2.36. The summed E-state index contributed by atoms with van der Waals surface area (Å²) in [6, 6.07) is 3.58. The fraction of sp³-hybridized carbons (Fsp3) is 0.417. The lowest BCUT2D eigenvalue weighted by atomic mass is 10.2. The second-order valence-electron chi connectivity index (χ2n) is 4.83. The van der Waals surface area contributed by atoms with Crippen LogP contribution in [0.4, 0.5) is 0 Å². The van der Waals surface area contributed by atoms with Crippen molar-refractivity contribution >= 4 is 21.4 Å². The Labute approximate surface area is 120 Å². The quantitative estimate of drug-likeness (QED) is 0.902. The van der Waals surface area contributed by atoms with Gasteiger partial charge >= 0.3 is 4.87 Å². The Morgan fingerprint density at radius 3 is 2.85 bits per heavy atom. The maximum atomic E-state index is 12.7. The third-order valence-electron chi connectivity index (χ3n) is 3.51. The Kier molecular flexibility index (Phi) is 3.31. The molecule has 8 heteroatoms. The summed E-state index contributed by atoms with van der Waals surface area (Å²) in [5.74, 6) is 0. The smallest absolute Gasteiger partial charge is 0.305 e. The van der Waals surface area contributed by atoms with Gasteiger partial charge in [0, 0.05) is 24.1 Å². The van der Waals surface area contributed by atoms with Crippen LogP contribution in [-0.4, -0.2) is 29.2 Å². The highest BCUT2D eigenvalue weighted by Gasteiger charge is 2.38. The van der Waals surface area contributed by atoms with E-state index in [1.165, 1.54) is 4.31 Å². The number of hydrogen-bond donors (Lipinski definition) is 2. The lowest BCUT2D eigenvalue weighted by molar-refractivity contribution is 0.392. The van der Waals surface area contributed by atoms with E-state index in [0.29, 0.717) is 12.2 Å². The molecule has 1 atom stereocenters. The minimum atomic E-state index is -3.62. The molecule has 3 rings (SSSR count). The lowest BCUT2D eigenvalue weighted by Gasteiger charge is -2.22. The molecule has 2 N–H and O–H groups in total. The first-order valence-corrected chi connectivity index (χ1v) is 8.60. The van der Waals surface area contributed by atoms with E-state index in [1.807, 2.05) is 12.1 Å². The first-order chi connectivity index (χ1) is 9.50. The summed E-state index contributed by atoms with van der Waals surface area (Å²) in [5.41, 5.74) is 1.31. The van der Waals surface area contributed by atoms with Gasteiger partial charge in [-0.3, -0.25) is 4.79 Å². The van der Waals surface area contributed by atoms with Gasteiger partial charge in [0.05, 0.1) is 6.04 Å². The third-order valence-corrected chi connectivity index (χ3v) is 7.00. The van der Waals surface area contributed by atoms with Crippen molar-refractivity contribution in [1.29, 1.82) is 0 Å². The van der Waals surface area contributed by atoms with Crippen LogP contribution in [0.25, 0.3) is 0 Å². The van der Waals surface area contributed by atoms with Crippen molar-refractivity contribution in [3.8, 4) is 0 Å². The molecule has 0 aromatic carbocycles. The van der Waals surface area contributed by atoms with E-state index < -0.39 is 10.0 Å². The van der Waals surface area contributed by atoms with Crippen molar-refractivity contribution in [2.24, 2.45) is 0 Å². The Hall–Kier alpha value is -1.38. The molecule has 2 aromatic rings. The molecule has 1 fully saturated rings. The molecule has 108 valence electrons. The predicted molar refractivity (Wildman–Crippen MR) is 76.3 cm³/mol. The Bertz CT molecular complexity index is 758. The number of rotatable bonds is 3. The Morgan fingerprint density at radius 1 is 1.45 bits per heavy atom. The van der Waals surface area contributed by atoms with Crippen LogP contribution in [0.5, 0.6) is 0 Å². The fourth-order valence-electron chi connectivity index (χ4n) is 2.63. The van der Waals surface area contributed by atoms with Crippen LogP contribution in [-0.2, 0) is 10.0 Å². The van der Waals surface area contributed by atoms with Crippen LogP contribution < -0.4 is 4.87 Å². The van der Waals surface area contributed by atoms with Gasteiger partial charge in [0.25, 0.3) is 10.0 Å². The molecule has 0 saturated carbocycles. The van der Waals surface area contributed by atoms with Gasteiger partial charge in [0.2, 0.25) is 0 Å². The predicted octanol–water partition coefficient (Wildman–Crippen LogP) is 1.60. The van der Waals surface area contributed by atoms with Crippen LogP contribution in [0.3, 0.4) is 0 Å². The highest BCUT2D eigenvalue weighted by molar-refractivity contribution is 7.91. The molecular weight excluding hydrogens is 298 g/mol. The number of H-pyrrole nitrogens is 2. The van der Waals surface area contributed by atoms with Gasteiger partial charge in [0.15, 0.2) is 4.21 Å². The van der Waals surface area contributed by atoms with E-state index >= 15 is 0 Å². The first kappa shape index (κ1) is 13.6. The number of sulfonamides is 1. The molecule has 6 nitrogen and oxygen atoms in total. The van der Waals surface area contributed by atoms with Crippen molar-refractivity contribution in [2.75, 3.05) is 6.54 Å². The molecule has 0 radical (unpaired) electrons. The maximum Gasteiger partial charge on any atom is 0.305 e. The molecule has 1 saturated heterocycles. The molecule has 0 aliphatic carbocycles. The number of nitrogens with zero attached hydrogens (tertiary/aromatic N) is 1. The largest absolute Gasteiger partial charge is 0.364 e. The maximum absolute atomic E-state index is 12.7. The molecule has 1 aliphatic heterocycles. The normalized spacial score (nSPS) is 20.6. The summed E-state index contributed by atoms with van der Waals surface area (Å²) in [4.78, 5) is 16.6. The first-order valence-electron chi connectivity index (χ1n) is 6.35. The van der Waals surface area contributed by atoms with E-state index in [2.05, 4.69) is 9.97 Å². The molecular formula is C12H15N3O3S2. The van der Waals surface area contributed by atoms with Crippen molar-refractivity contribution in [3.05, 3.63) is 39.4 Å². The minimum absolute atomic E-state index is 0.126. The second kappa shape index (κ2) is 4.87. The van der Waals surface area contributed by atoms with Gasteiger partial charge < -0.3 is 9.97 Å². The van der Waals surface area contributed by atoms with Gasteiger partial charge in [-0.05, 0) is 31.9 Å². The minimum Gasteiger partial charge on any atom is -0.364 e. The van der Waals surface area contributed by atoms with Crippen LogP contribution in [0.2, 0.25) is 0 Å². The third kappa shape index (κ3) is 2.13. The van der Waals surface area contributed by atoms with Crippen LogP contribution in [0.1, 0.15) is 30.3 Å². The van der Waals surface area contributed by atoms with Gasteiger partial charge in [0.1, 0.15) is 0 Å². The highest BCUT2D eigenvalue weighted by atomic mass is 32.2. The zero-order valence-electron chi connectivity index (χ0n) is 10.9. The van der Waals surface area contributed by atoms with E-state index in [4.69, 9.17) is 0 Å². The monoisotopic (exact) mass is 313 g/mol. The van der Waals surface area contributed by atoms with Crippen LogP contribution in [0.15, 0.2) is 27.3 Å². The van der Waals surface area contributed by atoms with Crippen molar-refractivity contribution in [3.63, 3.8) is 0 Å². The van der Waals surface area contributed by atoms with Crippen LogP contribution in [0, 0.1) is 6.92 Å². The van der Waals surface area contributed by atoms with E-state index in [1.54, 1.807) is 13.1 Å². The number of nitrogens with one attached hydrogen (secondary N) is 2. The Morgan fingerprint density at radius 2 is 2.25 bits per heavy atom. The molecule has 2 aromatic heterocycles. The average Bonchev–Trinajstić information content (AvgIpc) is 3.06. The molecule has 3 heterocycles. The van der Waals surface area contributed by atoms with Gasteiger partial charge in [-0.1, -0.05) is 11.3 Å². The van der Waals surface area contributed by atoms with E-state index in [-0.39, 0.29) is 15.1 Å². The van der Waals surface area contributed by atoms with Gasteiger partial charge in [-0.25, -0.2) is 8.42 Å². The number of aromatic amines is 2. The van der Waals surface area contributed by atoms with Crippen molar-refractivity contribution in [1.82, 2.24) is 14.3 Å². The topological polar surface area (TPSA) is 86.0 Å². The molecule has 0 bridgehead atoms. The summed E-state index contributed by atoms with van der Waals surface area (Å²) < 4.78 is 27.1. The van der Waals surface area contributed by atoms with Crippen molar-refractivity contribution < 1.29 is 8.42 Å². The molecule has 0 amide bonds. The molecule has 20 heavy (non-hydrogen) atoms. The average molecular weight is 313 g/mol. The summed E-state index contributed by atoms with van der Waals surface area (Å²) in [6.45, 7) is 2.10. The SMILES string of the molecule is Cc1[nH]c(=O)sc1S(=O)(=O)N1CCCC1c1ccc[nH]1.